The van der Waals surface area contributed by atoms with E-state index in [4.69, 9.17) is 9.47 Å². The van der Waals surface area contributed by atoms with Gasteiger partial charge in [-0.05, 0) is 43.4 Å². The van der Waals surface area contributed by atoms with Crippen molar-refractivity contribution in [2.24, 2.45) is 11.8 Å². The summed E-state index contributed by atoms with van der Waals surface area (Å²) in [7, 11) is 0. The van der Waals surface area contributed by atoms with Gasteiger partial charge in [0.05, 0.1) is 41.9 Å². The van der Waals surface area contributed by atoms with Crippen LogP contribution in [0.2, 0.25) is 0 Å². The Balaban J connectivity index is 2.25. The Morgan fingerprint density at radius 3 is 1.49 bits per heavy atom. The zero-order valence-corrected chi connectivity index (χ0v) is 24.6. The summed E-state index contributed by atoms with van der Waals surface area (Å²) in [6.45, 7) is 11.5. The standard InChI is InChI=1S/C31H40N4O6/c1-7-40-30(38)23-16-21(32-25(36)14-18(3)4)28(34-23)27(20-12-10-9-11-13-20)29-22(33-26(37)15-19(5)6)17-24(35-29)31(39)41-8-2/h9-13,16-19,27,34-35H,7-8,14-15H2,1-6H3,(H,32,36)(H,33,37). The Bertz CT molecular complexity index is 1270. The van der Waals surface area contributed by atoms with E-state index < -0.39 is 17.9 Å². The topological polar surface area (TPSA) is 142 Å². The predicted molar refractivity (Wildman–Crippen MR) is 157 cm³/mol. The predicted octanol–water partition coefficient (Wildman–Crippen LogP) is 5.85. The van der Waals surface area contributed by atoms with Crippen molar-refractivity contribution in [1.29, 1.82) is 0 Å². The largest absolute Gasteiger partial charge is 0.461 e. The number of hydrogen-bond acceptors (Lipinski definition) is 6. The zero-order chi connectivity index (χ0) is 30.1. The van der Waals surface area contributed by atoms with Gasteiger partial charge in [-0.3, -0.25) is 9.59 Å². The van der Waals surface area contributed by atoms with Gasteiger partial charge in [-0.25, -0.2) is 9.59 Å². The van der Waals surface area contributed by atoms with Crippen LogP contribution < -0.4 is 10.6 Å². The van der Waals surface area contributed by atoms with Gasteiger partial charge in [0.25, 0.3) is 0 Å². The highest BCUT2D eigenvalue weighted by atomic mass is 16.5. The minimum Gasteiger partial charge on any atom is -0.461 e. The summed E-state index contributed by atoms with van der Waals surface area (Å²) in [6, 6.07) is 12.5. The van der Waals surface area contributed by atoms with Crippen LogP contribution in [0.15, 0.2) is 42.5 Å². The maximum Gasteiger partial charge on any atom is 0.354 e. The van der Waals surface area contributed by atoms with Crippen molar-refractivity contribution >= 4 is 35.1 Å². The van der Waals surface area contributed by atoms with E-state index in [0.29, 0.717) is 22.8 Å². The quantitative estimate of drug-likeness (QED) is 0.192. The first-order valence-electron chi connectivity index (χ1n) is 14.0. The second-order valence-electron chi connectivity index (χ2n) is 10.6. The average molecular weight is 565 g/mol. The number of carbonyl (C=O) groups excluding carboxylic acids is 4. The summed E-state index contributed by atoms with van der Waals surface area (Å²) >= 11 is 0. The highest BCUT2D eigenvalue weighted by Crippen LogP contribution is 2.40. The number of nitrogens with one attached hydrogen (secondary N) is 4. The Morgan fingerprint density at radius 2 is 1.12 bits per heavy atom. The molecule has 1 aromatic carbocycles. The number of ether oxygens (including phenoxy) is 2. The highest BCUT2D eigenvalue weighted by Gasteiger charge is 2.30. The van der Waals surface area contributed by atoms with Crippen molar-refractivity contribution < 1.29 is 28.7 Å². The Labute approximate surface area is 240 Å². The fraction of sp³-hybridized carbons (Fsp3) is 0.419. The molecule has 3 aromatic rings. The van der Waals surface area contributed by atoms with Crippen LogP contribution in [0, 0.1) is 11.8 Å². The molecule has 220 valence electrons. The molecule has 4 N–H and O–H groups in total. The van der Waals surface area contributed by atoms with E-state index in [-0.39, 0.29) is 61.1 Å². The van der Waals surface area contributed by atoms with Crippen LogP contribution in [-0.2, 0) is 19.1 Å². The normalized spacial score (nSPS) is 11.1. The minimum absolute atomic E-state index is 0.116. The second-order valence-corrected chi connectivity index (χ2v) is 10.6. The Kier molecular flexibility index (Phi) is 10.9. The van der Waals surface area contributed by atoms with Gasteiger partial charge in [-0.2, -0.15) is 0 Å². The molecule has 0 spiro atoms. The van der Waals surface area contributed by atoms with Crippen molar-refractivity contribution in [3.05, 3.63) is 70.8 Å². The fourth-order valence-electron chi connectivity index (χ4n) is 4.51. The summed E-state index contributed by atoms with van der Waals surface area (Å²) in [4.78, 5) is 57.6. The van der Waals surface area contributed by atoms with E-state index in [9.17, 15) is 19.2 Å². The molecule has 0 radical (unpaired) electrons. The molecule has 10 nitrogen and oxygen atoms in total. The van der Waals surface area contributed by atoms with Crippen LogP contribution in [0.1, 0.15) is 98.2 Å². The third-order valence-corrected chi connectivity index (χ3v) is 6.13. The van der Waals surface area contributed by atoms with Gasteiger partial charge in [0.1, 0.15) is 11.4 Å². The number of carbonyl (C=O) groups is 4. The van der Waals surface area contributed by atoms with E-state index in [1.165, 1.54) is 0 Å². The lowest BCUT2D eigenvalue weighted by Gasteiger charge is -2.20. The summed E-state index contributed by atoms with van der Waals surface area (Å²) in [5.41, 5.74) is 2.83. The molecule has 0 aliphatic rings. The van der Waals surface area contributed by atoms with Crippen molar-refractivity contribution in [3.8, 4) is 0 Å². The smallest absolute Gasteiger partial charge is 0.354 e. The second kappa shape index (κ2) is 14.3. The third kappa shape index (κ3) is 8.33. The first kappa shape index (κ1) is 31.2. The average Bonchev–Trinajstić information content (AvgIpc) is 3.49. The number of rotatable bonds is 13. The molecule has 0 saturated carbocycles. The van der Waals surface area contributed by atoms with Gasteiger partial charge in [0, 0.05) is 12.8 Å². The number of aromatic nitrogens is 2. The third-order valence-electron chi connectivity index (χ3n) is 6.13. The van der Waals surface area contributed by atoms with Crippen LogP contribution >= 0.6 is 0 Å². The fourth-order valence-corrected chi connectivity index (χ4v) is 4.51. The summed E-state index contributed by atoms with van der Waals surface area (Å²) in [5.74, 6) is -2.01. The number of esters is 2. The minimum atomic E-state index is -0.661. The molecular weight excluding hydrogens is 524 g/mol. The number of H-pyrrole nitrogens is 2. The molecule has 3 rings (SSSR count). The number of hydrogen-bond donors (Lipinski definition) is 4. The lowest BCUT2D eigenvalue weighted by atomic mass is 9.91. The molecule has 10 heteroatoms. The molecule has 0 atom stereocenters. The number of benzene rings is 1. The van der Waals surface area contributed by atoms with E-state index in [1.807, 2.05) is 58.0 Å². The van der Waals surface area contributed by atoms with E-state index in [2.05, 4.69) is 20.6 Å². The summed E-state index contributed by atoms with van der Waals surface area (Å²) in [6.07, 6.45) is 0.558. The molecule has 0 fully saturated rings. The molecule has 0 aliphatic heterocycles. The van der Waals surface area contributed by atoms with Crippen molar-refractivity contribution in [3.63, 3.8) is 0 Å². The van der Waals surface area contributed by atoms with Crippen LogP contribution in [0.5, 0.6) is 0 Å². The van der Waals surface area contributed by atoms with E-state index in [0.717, 1.165) is 5.56 Å². The maximum absolute atomic E-state index is 12.9. The van der Waals surface area contributed by atoms with Crippen molar-refractivity contribution in [2.75, 3.05) is 23.8 Å². The molecular formula is C31H40N4O6. The van der Waals surface area contributed by atoms with Crippen LogP contribution in [0.4, 0.5) is 11.4 Å². The molecule has 0 saturated heterocycles. The maximum atomic E-state index is 12.9. The van der Waals surface area contributed by atoms with Crippen LogP contribution in [0.25, 0.3) is 0 Å². The lowest BCUT2D eigenvalue weighted by Crippen LogP contribution is -2.18. The van der Waals surface area contributed by atoms with Crippen LogP contribution in [-0.4, -0.2) is 46.9 Å². The van der Waals surface area contributed by atoms with Crippen molar-refractivity contribution in [1.82, 2.24) is 9.97 Å². The number of aromatic amines is 2. The monoisotopic (exact) mass is 564 g/mol. The van der Waals surface area contributed by atoms with Gasteiger partial charge >= 0.3 is 11.9 Å². The van der Waals surface area contributed by atoms with Gasteiger partial charge < -0.3 is 30.1 Å². The summed E-state index contributed by atoms with van der Waals surface area (Å²) < 4.78 is 10.4. The van der Waals surface area contributed by atoms with Crippen molar-refractivity contribution in [2.45, 2.75) is 60.3 Å². The Morgan fingerprint density at radius 1 is 0.707 bits per heavy atom. The number of anilines is 2. The molecule has 2 aromatic heterocycles. The zero-order valence-electron chi connectivity index (χ0n) is 24.6. The first-order chi connectivity index (χ1) is 19.5. The first-order valence-corrected chi connectivity index (χ1v) is 14.0. The lowest BCUT2D eigenvalue weighted by molar-refractivity contribution is -0.117. The SMILES string of the molecule is CCOC(=O)c1cc(NC(=O)CC(C)C)c(C(c2ccccc2)c2[nH]c(C(=O)OCC)cc2NC(=O)CC(C)C)[nH]1. The molecule has 0 bridgehead atoms. The molecule has 2 heterocycles. The molecule has 41 heavy (non-hydrogen) atoms. The van der Waals surface area contributed by atoms with E-state index >= 15 is 0 Å². The molecule has 0 aliphatic carbocycles. The van der Waals surface area contributed by atoms with Crippen LogP contribution in [0.3, 0.4) is 0 Å². The number of amides is 2. The summed E-state index contributed by atoms with van der Waals surface area (Å²) in [5, 5.41) is 5.89. The molecule has 0 unspecified atom stereocenters. The van der Waals surface area contributed by atoms with Gasteiger partial charge in [0.2, 0.25) is 11.8 Å². The van der Waals surface area contributed by atoms with Gasteiger partial charge in [0.15, 0.2) is 0 Å². The van der Waals surface area contributed by atoms with E-state index in [1.54, 1.807) is 26.0 Å². The van der Waals surface area contributed by atoms with Gasteiger partial charge in [-0.15, -0.1) is 0 Å². The molecule has 2 amide bonds. The van der Waals surface area contributed by atoms with Gasteiger partial charge in [-0.1, -0.05) is 58.0 Å². The highest BCUT2D eigenvalue weighted by molar-refractivity contribution is 5.97. The Hall–Kier alpha value is -4.34.